The molecule has 1 saturated heterocycles. The molecular weight excluding hydrogens is 403 g/mol. The van der Waals surface area contributed by atoms with Crippen molar-refractivity contribution in [3.05, 3.63) is 75.2 Å². The number of benzene rings is 2. The van der Waals surface area contributed by atoms with Gasteiger partial charge in [0.05, 0.1) is 10.9 Å². The molecule has 0 spiro atoms. The maximum atomic E-state index is 13.4. The van der Waals surface area contributed by atoms with Crippen molar-refractivity contribution in [2.75, 3.05) is 19.6 Å². The molecule has 0 saturated carbocycles. The van der Waals surface area contributed by atoms with Gasteiger partial charge in [0.15, 0.2) is 0 Å². The van der Waals surface area contributed by atoms with Gasteiger partial charge in [-0.15, -0.1) is 0 Å². The Labute approximate surface area is 177 Å². The van der Waals surface area contributed by atoms with Gasteiger partial charge in [-0.1, -0.05) is 11.6 Å². The summed E-state index contributed by atoms with van der Waals surface area (Å²) in [6, 6.07) is 10.1. The van der Waals surface area contributed by atoms with Crippen molar-refractivity contribution in [3.8, 4) is 0 Å². The predicted octanol–water partition coefficient (Wildman–Crippen LogP) is 4.62. The molecule has 7 heteroatoms. The molecule has 0 bridgehead atoms. The van der Waals surface area contributed by atoms with Crippen molar-refractivity contribution in [1.82, 2.24) is 19.9 Å². The normalized spacial score (nSPS) is 15.9. The van der Waals surface area contributed by atoms with E-state index < -0.39 is 5.82 Å². The molecular formula is C23H22ClFN4O. The molecule has 2 aromatic carbocycles. The minimum absolute atomic E-state index is 0.218. The predicted molar refractivity (Wildman–Crippen MR) is 118 cm³/mol. The Morgan fingerprint density at radius 2 is 1.97 bits per heavy atom. The Bertz CT molecular complexity index is 1270. The van der Waals surface area contributed by atoms with Crippen LogP contribution in [0.1, 0.15) is 30.1 Å². The first kappa shape index (κ1) is 19.3. The summed E-state index contributed by atoms with van der Waals surface area (Å²) >= 11 is 6.15. The highest BCUT2D eigenvalue weighted by Crippen LogP contribution is 2.27. The highest BCUT2D eigenvalue weighted by molar-refractivity contribution is 6.31. The molecule has 5 nitrogen and oxygen atoms in total. The molecule has 5 rings (SSSR count). The zero-order valence-electron chi connectivity index (χ0n) is 16.4. The van der Waals surface area contributed by atoms with Crippen LogP contribution < -0.4 is 5.56 Å². The number of nitrogens with zero attached hydrogens (tertiary/aromatic N) is 2. The maximum Gasteiger partial charge on any atom is 0.258 e. The van der Waals surface area contributed by atoms with Gasteiger partial charge in [-0.25, -0.2) is 9.37 Å². The lowest BCUT2D eigenvalue weighted by atomic mass is 9.95. The molecule has 0 amide bonds. The van der Waals surface area contributed by atoms with Crippen LogP contribution in [0.5, 0.6) is 0 Å². The summed E-state index contributed by atoms with van der Waals surface area (Å²) in [4.78, 5) is 25.6. The van der Waals surface area contributed by atoms with Crippen LogP contribution in [0.4, 0.5) is 4.39 Å². The van der Waals surface area contributed by atoms with Crippen molar-refractivity contribution < 1.29 is 4.39 Å². The van der Waals surface area contributed by atoms with Gasteiger partial charge in [0.25, 0.3) is 5.56 Å². The minimum atomic E-state index is -0.423. The second-order valence-electron chi connectivity index (χ2n) is 7.98. The highest BCUT2D eigenvalue weighted by Gasteiger charge is 2.23. The number of nitrogens with one attached hydrogen (secondary N) is 2. The van der Waals surface area contributed by atoms with E-state index in [0.29, 0.717) is 16.7 Å². The number of rotatable bonds is 4. The van der Waals surface area contributed by atoms with E-state index in [1.54, 1.807) is 6.07 Å². The van der Waals surface area contributed by atoms with E-state index in [-0.39, 0.29) is 11.5 Å². The van der Waals surface area contributed by atoms with Gasteiger partial charge < -0.3 is 14.9 Å². The SMILES string of the molecule is O=c1[nH]c(C2CCN(CCc3c[nH]c4ccc(Cl)cc34)CC2)nc2ccc(F)cc12. The Balaban J connectivity index is 1.24. The number of likely N-dealkylation sites (tertiary alicyclic amines) is 1. The highest BCUT2D eigenvalue weighted by atomic mass is 35.5. The Hall–Kier alpha value is -2.70. The van der Waals surface area contributed by atoms with Crippen LogP contribution in [0, 0.1) is 5.82 Å². The summed E-state index contributed by atoms with van der Waals surface area (Å²) in [7, 11) is 0. The topological polar surface area (TPSA) is 64.8 Å². The fraction of sp³-hybridized carbons (Fsp3) is 0.304. The number of aromatic amines is 2. The van der Waals surface area contributed by atoms with Gasteiger partial charge >= 0.3 is 0 Å². The monoisotopic (exact) mass is 424 g/mol. The lowest BCUT2D eigenvalue weighted by Crippen LogP contribution is -2.35. The van der Waals surface area contributed by atoms with Crippen LogP contribution in [0.15, 0.2) is 47.4 Å². The third kappa shape index (κ3) is 3.73. The summed E-state index contributed by atoms with van der Waals surface area (Å²) < 4.78 is 13.4. The molecule has 1 aliphatic heterocycles. The fourth-order valence-electron chi connectivity index (χ4n) is 4.39. The fourth-order valence-corrected chi connectivity index (χ4v) is 4.56. The molecule has 2 N–H and O–H groups in total. The van der Waals surface area contributed by atoms with Crippen molar-refractivity contribution in [2.45, 2.75) is 25.2 Å². The van der Waals surface area contributed by atoms with E-state index >= 15 is 0 Å². The van der Waals surface area contributed by atoms with E-state index in [2.05, 4.69) is 26.0 Å². The second-order valence-corrected chi connectivity index (χ2v) is 8.42. The Morgan fingerprint density at radius 1 is 1.13 bits per heavy atom. The standard InChI is InChI=1S/C23H22ClFN4O/c24-16-1-3-20-18(11-16)15(13-26-20)7-10-29-8-5-14(6-9-29)22-27-21-4-2-17(25)12-19(21)23(30)28-22/h1-4,11-14,26H,5-10H2,(H,27,28,30). The molecule has 0 aliphatic carbocycles. The lowest BCUT2D eigenvalue weighted by molar-refractivity contribution is 0.211. The third-order valence-electron chi connectivity index (χ3n) is 6.09. The van der Waals surface area contributed by atoms with Crippen LogP contribution in [0.25, 0.3) is 21.8 Å². The number of hydrogen-bond donors (Lipinski definition) is 2. The van der Waals surface area contributed by atoms with Crippen LogP contribution in [-0.4, -0.2) is 39.5 Å². The van der Waals surface area contributed by atoms with Gasteiger partial charge in [0, 0.05) is 34.6 Å². The van der Waals surface area contributed by atoms with E-state index in [0.717, 1.165) is 49.4 Å². The zero-order chi connectivity index (χ0) is 20.7. The largest absolute Gasteiger partial charge is 0.361 e. The molecule has 0 radical (unpaired) electrons. The second kappa shape index (κ2) is 7.85. The van der Waals surface area contributed by atoms with E-state index in [4.69, 9.17) is 11.6 Å². The molecule has 3 heterocycles. The molecule has 1 fully saturated rings. The third-order valence-corrected chi connectivity index (χ3v) is 6.32. The van der Waals surface area contributed by atoms with E-state index in [9.17, 15) is 9.18 Å². The van der Waals surface area contributed by atoms with Gasteiger partial charge in [0.1, 0.15) is 11.6 Å². The molecule has 0 atom stereocenters. The molecule has 1 aliphatic rings. The lowest BCUT2D eigenvalue weighted by Gasteiger charge is -2.31. The number of hydrogen-bond acceptors (Lipinski definition) is 3. The van der Waals surface area contributed by atoms with Crippen molar-refractivity contribution in [2.24, 2.45) is 0 Å². The first-order chi connectivity index (χ1) is 14.6. The summed E-state index contributed by atoms with van der Waals surface area (Å²) in [5.74, 6) is 0.508. The Kier molecular flexibility index (Phi) is 5.05. The van der Waals surface area contributed by atoms with Crippen molar-refractivity contribution in [3.63, 3.8) is 0 Å². The zero-order valence-corrected chi connectivity index (χ0v) is 17.2. The molecule has 0 unspecified atom stereocenters. The first-order valence-electron chi connectivity index (χ1n) is 10.2. The summed E-state index contributed by atoms with van der Waals surface area (Å²) in [6.07, 6.45) is 4.91. The van der Waals surface area contributed by atoms with Gasteiger partial charge in [-0.2, -0.15) is 0 Å². The van der Waals surface area contributed by atoms with Crippen LogP contribution in [-0.2, 0) is 6.42 Å². The number of fused-ring (bicyclic) bond motifs is 2. The maximum absolute atomic E-state index is 13.4. The van der Waals surface area contributed by atoms with Gasteiger partial charge in [-0.3, -0.25) is 4.79 Å². The molecule has 154 valence electrons. The average molecular weight is 425 g/mol. The van der Waals surface area contributed by atoms with Gasteiger partial charge in [-0.05, 0) is 74.3 Å². The average Bonchev–Trinajstić information content (AvgIpc) is 3.15. The van der Waals surface area contributed by atoms with E-state index in [1.165, 1.54) is 23.1 Å². The molecule has 30 heavy (non-hydrogen) atoms. The number of aromatic nitrogens is 3. The minimum Gasteiger partial charge on any atom is -0.361 e. The smallest absolute Gasteiger partial charge is 0.258 e. The quantitative estimate of drug-likeness (QED) is 0.502. The summed E-state index contributed by atoms with van der Waals surface area (Å²) in [5, 5.41) is 2.24. The summed E-state index contributed by atoms with van der Waals surface area (Å²) in [6.45, 7) is 2.89. The van der Waals surface area contributed by atoms with Crippen molar-refractivity contribution >= 4 is 33.4 Å². The van der Waals surface area contributed by atoms with Crippen LogP contribution >= 0.6 is 11.6 Å². The summed E-state index contributed by atoms with van der Waals surface area (Å²) in [5.41, 5.74) is 2.67. The van der Waals surface area contributed by atoms with Crippen LogP contribution in [0.3, 0.4) is 0 Å². The Morgan fingerprint density at radius 3 is 2.80 bits per heavy atom. The number of halogens is 2. The number of piperidine rings is 1. The molecule has 2 aromatic heterocycles. The van der Waals surface area contributed by atoms with Gasteiger partial charge in [0.2, 0.25) is 0 Å². The van der Waals surface area contributed by atoms with E-state index in [1.807, 2.05) is 18.2 Å². The van der Waals surface area contributed by atoms with Crippen LogP contribution in [0.2, 0.25) is 5.02 Å². The number of H-pyrrole nitrogens is 2. The first-order valence-corrected chi connectivity index (χ1v) is 10.6. The van der Waals surface area contributed by atoms with Crippen molar-refractivity contribution in [1.29, 1.82) is 0 Å². The molecule has 4 aromatic rings.